The molecule has 0 aliphatic carbocycles. The molecule has 2 fully saturated rings. The van der Waals surface area contributed by atoms with E-state index >= 15 is 0 Å². The van der Waals surface area contributed by atoms with Crippen molar-refractivity contribution < 1.29 is 9.59 Å². The van der Waals surface area contributed by atoms with Crippen LogP contribution in [0.4, 0.5) is 4.79 Å². The average molecular weight is 399 g/mol. The van der Waals surface area contributed by atoms with Gasteiger partial charge in [-0.2, -0.15) is 0 Å². The van der Waals surface area contributed by atoms with Crippen LogP contribution < -0.4 is 10.6 Å². The highest BCUT2D eigenvalue weighted by molar-refractivity contribution is 5.79. The summed E-state index contributed by atoms with van der Waals surface area (Å²) in [6, 6.07) is 10.7. The number of hydrogen-bond acceptors (Lipinski definition) is 3. The standard InChI is InChI=1S/C23H34N4O2/c1-2-13-25-23(29)26-16-11-21(12-17-26)27-15-6-9-20(18-27)22(28)24-14-10-19-7-4-3-5-8-19/h2-5,7-8,20-21H,1,6,9-18H2,(H,24,28)(H,25,29). The number of likely N-dealkylation sites (tertiary alicyclic amines) is 2. The van der Waals surface area contributed by atoms with Crippen molar-refractivity contribution in [3.63, 3.8) is 0 Å². The van der Waals surface area contributed by atoms with Crippen LogP contribution in [0.15, 0.2) is 43.0 Å². The fraction of sp³-hybridized carbons (Fsp3) is 0.565. The molecule has 2 heterocycles. The molecule has 2 saturated heterocycles. The lowest BCUT2D eigenvalue weighted by molar-refractivity contribution is -0.127. The highest BCUT2D eigenvalue weighted by Gasteiger charge is 2.32. The zero-order valence-corrected chi connectivity index (χ0v) is 17.3. The summed E-state index contributed by atoms with van der Waals surface area (Å²) in [6.45, 7) is 8.28. The predicted octanol–water partition coefficient (Wildman–Crippen LogP) is 2.42. The summed E-state index contributed by atoms with van der Waals surface area (Å²) in [7, 11) is 0. The van der Waals surface area contributed by atoms with Crippen molar-refractivity contribution in [2.75, 3.05) is 39.3 Å². The van der Waals surface area contributed by atoms with E-state index in [9.17, 15) is 9.59 Å². The largest absolute Gasteiger partial charge is 0.355 e. The van der Waals surface area contributed by atoms with Crippen LogP contribution in [0, 0.1) is 5.92 Å². The van der Waals surface area contributed by atoms with E-state index in [0.29, 0.717) is 19.1 Å². The van der Waals surface area contributed by atoms with Gasteiger partial charge in [-0.05, 0) is 44.2 Å². The smallest absolute Gasteiger partial charge is 0.317 e. The van der Waals surface area contributed by atoms with E-state index in [1.165, 1.54) is 5.56 Å². The predicted molar refractivity (Wildman–Crippen MR) is 116 cm³/mol. The molecule has 3 rings (SSSR count). The van der Waals surface area contributed by atoms with Crippen molar-refractivity contribution in [1.29, 1.82) is 0 Å². The minimum absolute atomic E-state index is 0.00216. The molecule has 3 amide bonds. The summed E-state index contributed by atoms with van der Waals surface area (Å²) >= 11 is 0. The topological polar surface area (TPSA) is 64.7 Å². The number of urea groups is 1. The molecule has 1 aromatic carbocycles. The Morgan fingerprint density at radius 1 is 1.07 bits per heavy atom. The Kier molecular flexibility index (Phi) is 8.11. The summed E-state index contributed by atoms with van der Waals surface area (Å²) in [5.41, 5.74) is 1.25. The van der Waals surface area contributed by atoms with Gasteiger partial charge in [-0.25, -0.2) is 4.79 Å². The van der Waals surface area contributed by atoms with E-state index in [1.54, 1.807) is 6.08 Å². The van der Waals surface area contributed by atoms with Gasteiger partial charge in [0.25, 0.3) is 0 Å². The first kappa shape index (κ1) is 21.4. The van der Waals surface area contributed by atoms with Crippen molar-refractivity contribution >= 4 is 11.9 Å². The van der Waals surface area contributed by atoms with Crippen LogP contribution in [0.1, 0.15) is 31.2 Å². The monoisotopic (exact) mass is 398 g/mol. The number of hydrogen-bond donors (Lipinski definition) is 2. The third-order valence-electron chi connectivity index (χ3n) is 6.05. The third-order valence-corrected chi connectivity index (χ3v) is 6.05. The first-order chi connectivity index (χ1) is 14.2. The molecule has 29 heavy (non-hydrogen) atoms. The van der Waals surface area contributed by atoms with Gasteiger partial charge in [0.2, 0.25) is 5.91 Å². The number of nitrogens with one attached hydrogen (secondary N) is 2. The second kappa shape index (κ2) is 11.0. The fourth-order valence-corrected chi connectivity index (χ4v) is 4.38. The van der Waals surface area contributed by atoms with Crippen molar-refractivity contribution in [1.82, 2.24) is 20.4 Å². The molecule has 1 aromatic rings. The summed E-state index contributed by atoms with van der Waals surface area (Å²) in [5.74, 6) is 0.264. The molecule has 6 nitrogen and oxygen atoms in total. The molecule has 0 saturated carbocycles. The second-order valence-corrected chi connectivity index (χ2v) is 8.05. The lowest BCUT2D eigenvalue weighted by atomic mass is 9.93. The quantitative estimate of drug-likeness (QED) is 0.694. The van der Waals surface area contributed by atoms with Crippen molar-refractivity contribution in [3.05, 3.63) is 48.6 Å². The zero-order valence-electron chi connectivity index (χ0n) is 17.3. The maximum atomic E-state index is 12.7. The van der Waals surface area contributed by atoms with Gasteiger partial charge in [-0.1, -0.05) is 36.4 Å². The van der Waals surface area contributed by atoms with Crippen LogP contribution in [-0.4, -0.2) is 67.0 Å². The number of rotatable bonds is 7. The maximum absolute atomic E-state index is 12.7. The number of benzene rings is 1. The molecular formula is C23H34N4O2. The van der Waals surface area contributed by atoms with Crippen LogP contribution in [0.2, 0.25) is 0 Å². The third kappa shape index (κ3) is 6.32. The molecule has 2 aliphatic heterocycles. The van der Waals surface area contributed by atoms with Crippen LogP contribution in [0.3, 0.4) is 0 Å². The van der Waals surface area contributed by atoms with Crippen molar-refractivity contribution in [2.45, 2.75) is 38.1 Å². The number of carbonyl (C=O) groups excluding carboxylic acids is 2. The SMILES string of the molecule is C=CCNC(=O)N1CCC(N2CCCC(C(=O)NCCc3ccccc3)C2)CC1. The molecule has 1 unspecified atom stereocenters. The molecule has 2 aliphatic rings. The molecule has 0 spiro atoms. The summed E-state index contributed by atoms with van der Waals surface area (Å²) in [5, 5.41) is 5.98. The zero-order chi connectivity index (χ0) is 20.5. The molecule has 1 atom stereocenters. The molecule has 158 valence electrons. The first-order valence-corrected chi connectivity index (χ1v) is 10.9. The van der Waals surface area contributed by atoms with Gasteiger partial charge in [0, 0.05) is 38.8 Å². The molecule has 0 aromatic heterocycles. The molecule has 2 N–H and O–H groups in total. The summed E-state index contributed by atoms with van der Waals surface area (Å²) < 4.78 is 0. The van der Waals surface area contributed by atoms with Crippen LogP contribution in [0.5, 0.6) is 0 Å². The van der Waals surface area contributed by atoms with Gasteiger partial charge in [0.1, 0.15) is 0 Å². The van der Waals surface area contributed by atoms with Crippen LogP contribution in [0.25, 0.3) is 0 Å². The van der Waals surface area contributed by atoms with E-state index in [0.717, 1.165) is 58.3 Å². The Bertz CT molecular complexity index is 671. The number of amides is 3. The Hall–Kier alpha value is -2.34. The molecule has 6 heteroatoms. The van der Waals surface area contributed by atoms with E-state index < -0.39 is 0 Å². The first-order valence-electron chi connectivity index (χ1n) is 10.9. The minimum atomic E-state index is -0.00216. The van der Waals surface area contributed by atoms with E-state index in [2.05, 4.69) is 34.2 Å². The highest BCUT2D eigenvalue weighted by atomic mass is 16.2. The Morgan fingerprint density at radius 3 is 2.55 bits per heavy atom. The normalized spacial score (nSPS) is 20.8. The lowest BCUT2D eigenvalue weighted by Crippen LogP contribution is -2.52. The van der Waals surface area contributed by atoms with Crippen molar-refractivity contribution in [2.24, 2.45) is 5.92 Å². The van der Waals surface area contributed by atoms with Gasteiger partial charge in [0.15, 0.2) is 0 Å². The van der Waals surface area contributed by atoms with Crippen molar-refractivity contribution in [3.8, 4) is 0 Å². The van der Waals surface area contributed by atoms with Gasteiger partial charge < -0.3 is 15.5 Å². The number of nitrogens with zero attached hydrogens (tertiary/aromatic N) is 2. The maximum Gasteiger partial charge on any atom is 0.317 e. The Morgan fingerprint density at radius 2 is 1.83 bits per heavy atom. The average Bonchev–Trinajstić information content (AvgIpc) is 2.78. The Labute approximate surface area is 174 Å². The van der Waals surface area contributed by atoms with Crippen LogP contribution in [-0.2, 0) is 11.2 Å². The highest BCUT2D eigenvalue weighted by Crippen LogP contribution is 2.24. The minimum Gasteiger partial charge on any atom is -0.355 e. The molecular weight excluding hydrogens is 364 g/mol. The second-order valence-electron chi connectivity index (χ2n) is 8.05. The van der Waals surface area contributed by atoms with E-state index in [-0.39, 0.29) is 17.9 Å². The van der Waals surface area contributed by atoms with E-state index in [4.69, 9.17) is 0 Å². The number of piperidine rings is 2. The Balaban J connectivity index is 1.40. The summed E-state index contributed by atoms with van der Waals surface area (Å²) in [6.07, 6.45) is 6.56. The molecule has 0 radical (unpaired) electrons. The molecule has 0 bridgehead atoms. The van der Waals surface area contributed by atoms with Gasteiger partial charge in [-0.3, -0.25) is 9.69 Å². The lowest BCUT2D eigenvalue weighted by Gasteiger charge is -2.42. The van der Waals surface area contributed by atoms with Gasteiger partial charge >= 0.3 is 6.03 Å². The van der Waals surface area contributed by atoms with E-state index in [1.807, 2.05) is 23.1 Å². The fourth-order valence-electron chi connectivity index (χ4n) is 4.38. The van der Waals surface area contributed by atoms with Gasteiger partial charge in [0.05, 0.1) is 5.92 Å². The van der Waals surface area contributed by atoms with Crippen LogP contribution >= 0.6 is 0 Å². The number of carbonyl (C=O) groups is 2. The summed E-state index contributed by atoms with van der Waals surface area (Å²) in [4.78, 5) is 29.1. The van der Waals surface area contributed by atoms with Gasteiger partial charge in [-0.15, -0.1) is 6.58 Å².